The van der Waals surface area contributed by atoms with Crippen LogP contribution in [0.2, 0.25) is 0 Å². The van der Waals surface area contributed by atoms with Crippen molar-refractivity contribution in [2.24, 2.45) is 0 Å². The molecule has 132 valence electrons. The van der Waals surface area contributed by atoms with Crippen LogP contribution in [0.25, 0.3) is 11.5 Å². The highest BCUT2D eigenvalue weighted by Gasteiger charge is 2.22. The fourth-order valence-electron chi connectivity index (χ4n) is 2.02. The highest BCUT2D eigenvalue weighted by molar-refractivity contribution is 7.99. The molecular weight excluding hydrogens is 360 g/mol. The lowest BCUT2D eigenvalue weighted by Crippen LogP contribution is -2.30. The standard InChI is InChI=1S/C14H17F2N3O3S2/c1-3-19(4-2)24(20,21)11-7-5-6-10(8-11)13-17-18-14(22-13)23-9-12(15)16/h5-8,12H,3-4,9H2,1-2H3. The second-order valence-corrected chi connectivity index (χ2v) is 7.60. The zero-order valence-corrected chi connectivity index (χ0v) is 14.8. The maximum Gasteiger partial charge on any atom is 0.277 e. The van der Waals surface area contributed by atoms with Crippen molar-refractivity contribution in [3.05, 3.63) is 24.3 Å². The molecule has 0 fully saturated rings. The Bertz CT molecular complexity index is 777. The van der Waals surface area contributed by atoms with Crippen LogP contribution < -0.4 is 0 Å². The van der Waals surface area contributed by atoms with E-state index in [-0.39, 0.29) is 16.0 Å². The average molecular weight is 377 g/mol. The highest BCUT2D eigenvalue weighted by atomic mass is 32.2. The number of hydrogen-bond acceptors (Lipinski definition) is 6. The summed E-state index contributed by atoms with van der Waals surface area (Å²) in [6.07, 6.45) is -2.48. The molecule has 0 unspecified atom stereocenters. The molecule has 0 atom stereocenters. The lowest BCUT2D eigenvalue weighted by atomic mass is 10.2. The van der Waals surface area contributed by atoms with Crippen molar-refractivity contribution in [3.63, 3.8) is 0 Å². The number of hydrogen-bond donors (Lipinski definition) is 0. The summed E-state index contributed by atoms with van der Waals surface area (Å²) in [7, 11) is -3.61. The van der Waals surface area contributed by atoms with Gasteiger partial charge in [0.25, 0.3) is 5.22 Å². The molecule has 0 amide bonds. The van der Waals surface area contributed by atoms with E-state index < -0.39 is 22.2 Å². The van der Waals surface area contributed by atoms with E-state index in [4.69, 9.17) is 4.42 Å². The third kappa shape index (κ3) is 4.31. The molecule has 0 aliphatic rings. The molecule has 6 nitrogen and oxygen atoms in total. The molecule has 2 aromatic rings. The highest BCUT2D eigenvalue weighted by Crippen LogP contribution is 2.26. The van der Waals surface area contributed by atoms with Gasteiger partial charge in [0.2, 0.25) is 22.3 Å². The second-order valence-electron chi connectivity index (χ2n) is 4.69. The van der Waals surface area contributed by atoms with Gasteiger partial charge < -0.3 is 4.42 Å². The Morgan fingerprint density at radius 2 is 1.96 bits per heavy atom. The average Bonchev–Trinajstić information content (AvgIpc) is 3.03. The maximum absolute atomic E-state index is 12.5. The summed E-state index contributed by atoms with van der Waals surface area (Å²) < 4.78 is 56.1. The molecule has 24 heavy (non-hydrogen) atoms. The fourth-order valence-corrected chi connectivity index (χ4v) is 4.03. The van der Waals surface area contributed by atoms with E-state index in [0.29, 0.717) is 18.7 Å². The Morgan fingerprint density at radius 3 is 2.58 bits per heavy atom. The molecule has 10 heteroatoms. The van der Waals surface area contributed by atoms with Gasteiger partial charge in [-0.15, -0.1) is 10.2 Å². The van der Waals surface area contributed by atoms with Crippen LogP contribution in [0.5, 0.6) is 0 Å². The van der Waals surface area contributed by atoms with Gasteiger partial charge in [-0.3, -0.25) is 0 Å². The van der Waals surface area contributed by atoms with Gasteiger partial charge >= 0.3 is 0 Å². The summed E-state index contributed by atoms with van der Waals surface area (Å²) in [5.74, 6) is -0.360. The van der Waals surface area contributed by atoms with Crippen molar-refractivity contribution in [2.45, 2.75) is 30.4 Å². The Morgan fingerprint density at radius 1 is 1.25 bits per heavy atom. The van der Waals surface area contributed by atoms with Gasteiger partial charge in [-0.25, -0.2) is 17.2 Å². The summed E-state index contributed by atoms with van der Waals surface area (Å²) in [5.41, 5.74) is 0.416. The Labute approximate surface area is 143 Å². The van der Waals surface area contributed by atoms with Crippen LogP contribution in [0, 0.1) is 0 Å². The number of nitrogens with zero attached hydrogens (tertiary/aromatic N) is 3. The first-order valence-corrected chi connectivity index (χ1v) is 9.66. The zero-order valence-electron chi connectivity index (χ0n) is 13.1. The van der Waals surface area contributed by atoms with Gasteiger partial charge in [0.05, 0.1) is 10.6 Å². The molecule has 0 radical (unpaired) electrons. The molecule has 1 aromatic heterocycles. The first kappa shape index (κ1) is 18.8. The van der Waals surface area contributed by atoms with Gasteiger partial charge in [0.1, 0.15) is 0 Å². The monoisotopic (exact) mass is 377 g/mol. The third-order valence-electron chi connectivity index (χ3n) is 3.16. The van der Waals surface area contributed by atoms with E-state index in [1.807, 2.05) is 0 Å². The predicted octanol–water partition coefficient (Wildman–Crippen LogP) is 3.12. The molecule has 0 spiro atoms. The number of rotatable bonds is 8. The SMILES string of the molecule is CCN(CC)S(=O)(=O)c1cccc(-c2nnc(SCC(F)F)o2)c1. The molecule has 0 saturated carbocycles. The largest absolute Gasteiger partial charge is 0.411 e. The number of sulfonamides is 1. The lowest BCUT2D eigenvalue weighted by molar-refractivity contribution is 0.176. The molecule has 0 N–H and O–H groups in total. The number of benzene rings is 1. The minimum absolute atomic E-state index is 0.0160. The van der Waals surface area contributed by atoms with Crippen molar-refractivity contribution in [1.82, 2.24) is 14.5 Å². The van der Waals surface area contributed by atoms with Gasteiger partial charge in [-0.1, -0.05) is 31.7 Å². The summed E-state index contributed by atoms with van der Waals surface area (Å²) in [4.78, 5) is 0.115. The van der Waals surface area contributed by atoms with E-state index in [9.17, 15) is 17.2 Å². The smallest absolute Gasteiger partial charge is 0.277 e. The molecule has 1 aromatic carbocycles. The van der Waals surface area contributed by atoms with Crippen molar-refractivity contribution in [2.75, 3.05) is 18.8 Å². The number of aromatic nitrogens is 2. The zero-order chi connectivity index (χ0) is 17.7. The first-order chi connectivity index (χ1) is 11.4. The molecule has 2 rings (SSSR count). The van der Waals surface area contributed by atoms with Crippen LogP contribution in [0.1, 0.15) is 13.8 Å². The maximum atomic E-state index is 12.5. The van der Waals surface area contributed by atoms with E-state index in [1.165, 1.54) is 16.4 Å². The lowest BCUT2D eigenvalue weighted by Gasteiger charge is -2.18. The molecule has 0 saturated heterocycles. The van der Waals surface area contributed by atoms with Gasteiger partial charge in [-0.2, -0.15) is 4.31 Å². The van der Waals surface area contributed by atoms with Crippen molar-refractivity contribution in [3.8, 4) is 11.5 Å². The van der Waals surface area contributed by atoms with Crippen LogP contribution >= 0.6 is 11.8 Å². The number of halogens is 2. The Kier molecular flexibility index (Phi) is 6.30. The van der Waals surface area contributed by atoms with Crippen LogP contribution in [0.3, 0.4) is 0 Å². The molecule has 0 aliphatic carbocycles. The summed E-state index contributed by atoms with van der Waals surface area (Å²) in [5, 5.41) is 7.47. The quantitative estimate of drug-likeness (QED) is 0.658. The minimum atomic E-state index is -3.61. The third-order valence-corrected chi connectivity index (χ3v) is 6.04. The normalized spacial score (nSPS) is 12.2. The Balaban J connectivity index is 2.28. The van der Waals surface area contributed by atoms with Gasteiger partial charge in [0.15, 0.2) is 0 Å². The minimum Gasteiger partial charge on any atom is -0.411 e. The number of thioether (sulfide) groups is 1. The van der Waals surface area contributed by atoms with E-state index in [1.54, 1.807) is 26.0 Å². The van der Waals surface area contributed by atoms with Crippen molar-refractivity contribution in [1.29, 1.82) is 0 Å². The molecule has 1 heterocycles. The van der Waals surface area contributed by atoms with E-state index in [0.717, 1.165) is 11.8 Å². The summed E-state index contributed by atoms with van der Waals surface area (Å²) in [6.45, 7) is 4.24. The summed E-state index contributed by atoms with van der Waals surface area (Å²) in [6, 6.07) is 6.11. The van der Waals surface area contributed by atoms with E-state index in [2.05, 4.69) is 10.2 Å². The Hall–Kier alpha value is -1.52. The second kappa shape index (κ2) is 8.04. The molecule has 0 aliphatic heterocycles. The van der Waals surface area contributed by atoms with Crippen LogP contribution in [0.15, 0.2) is 38.8 Å². The summed E-state index contributed by atoms with van der Waals surface area (Å²) >= 11 is 0.749. The van der Waals surface area contributed by atoms with Crippen molar-refractivity contribution >= 4 is 21.8 Å². The van der Waals surface area contributed by atoms with E-state index >= 15 is 0 Å². The number of alkyl halides is 2. The van der Waals surface area contributed by atoms with Gasteiger partial charge in [-0.05, 0) is 18.2 Å². The first-order valence-electron chi connectivity index (χ1n) is 7.23. The van der Waals surface area contributed by atoms with Crippen LogP contribution in [0.4, 0.5) is 8.78 Å². The van der Waals surface area contributed by atoms with Crippen molar-refractivity contribution < 1.29 is 21.6 Å². The fraction of sp³-hybridized carbons (Fsp3) is 0.429. The van der Waals surface area contributed by atoms with Crippen LogP contribution in [-0.2, 0) is 10.0 Å². The topological polar surface area (TPSA) is 76.3 Å². The van der Waals surface area contributed by atoms with Crippen LogP contribution in [-0.4, -0.2) is 48.2 Å². The molecule has 0 bridgehead atoms. The predicted molar refractivity (Wildman–Crippen MR) is 86.6 cm³/mol. The molecular formula is C14H17F2N3O3S2. The van der Waals surface area contributed by atoms with Gasteiger partial charge in [0, 0.05) is 18.7 Å².